The lowest BCUT2D eigenvalue weighted by Crippen LogP contribution is -2.34. The number of Topliss-reactive ketones (excluding diaryl/α,β-unsaturated/α-hetero) is 1. The minimum Gasteiger partial charge on any atom is -0.481 e. The van der Waals surface area contributed by atoms with Gasteiger partial charge in [0.1, 0.15) is 12.5 Å². The van der Waals surface area contributed by atoms with Gasteiger partial charge in [0.05, 0.1) is 0 Å². The molecule has 0 aromatic heterocycles. The number of ketones is 1. The van der Waals surface area contributed by atoms with Gasteiger partial charge in [-0.3, -0.25) is 14.4 Å². The number of aliphatic carboxylic acids is 1. The van der Waals surface area contributed by atoms with Crippen LogP contribution in [0.1, 0.15) is 39.2 Å². The zero-order valence-electron chi connectivity index (χ0n) is 13.2. The maximum atomic E-state index is 12.1. The minimum absolute atomic E-state index is 0.0426. The molecule has 1 unspecified atom stereocenters. The molecule has 22 heavy (non-hydrogen) atoms. The fourth-order valence-corrected chi connectivity index (χ4v) is 1.96. The van der Waals surface area contributed by atoms with Gasteiger partial charge in [0, 0.05) is 11.8 Å². The molecule has 5 heteroatoms. The highest BCUT2D eigenvalue weighted by molar-refractivity contribution is 6.01. The third kappa shape index (κ3) is 5.68. The largest absolute Gasteiger partial charge is 0.481 e. The normalized spacial score (nSPS) is 12.5. The van der Waals surface area contributed by atoms with Crippen LogP contribution in [0.25, 0.3) is 0 Å². The fourth-order valence-electron chi connectivity index (χ4n) is 1.96. The monoisotopic (exact) mass is 306 g/mol. The Hall–Kier alpha value is -2.17. The maximum absolute atomic E-state index is 12.1. The van der Waals surface area contributed by atoms with E-state index in [2.05, 4.69) is 0 Å². The van der Waals surface area contributed by atoms with E-state index in [1.807, 2.05) is 30.3 Å². The van der Waals surface area contributed by atoms with E-state index in [1.54, 1.807) is 20.8 Å². The Morgan fingerprint density at radius 3 is 2.23 bits per heavy atom. The number of benzene rings is 1. The van der Waals surface area contributed by atoms with Crippen molar-refractivity contribution in [1.29, 1.82) is 0 Å². The predicted octanol–water partition coefficient (Wildman–Crippen LogP) is 2.83. The molecule has 120 valence electrons. The summed E-state index contributed by atoms with van der Waals surface area (Å²) in [6.45, 7) is 5.14. The number of rotatable bonds is 7. The molecular formula is C17H22O5. The number of carbonyl (C=O) groups is 3. The Kier molecular flexibility index (Phi) is 6.28. The summed E-state index contributed by atoms with van der Waals surface area (Å²) in [5.74, 6) is -3.26. The summed E-state index contributed by atoms with van der Waals surface area (Å²) in [5, 5.41) is 9.15. The Morgan fingerprint density at radius 2 is 1.73 bits per heavy atom. The van der Waals surface area contributed by atoms with Crippen molar-refractivity contribution in [1.82, 2.24) is 0 Å². The zero-order valence-corrected chi connectivity index (χ0v) is 13.2. The molecule has 0 fully saturated rings. The van der Waals surface area contributed by atoms with Gasteiger partial charge in [0.2, 0.25) is 0 Å². The van der Waals surface area contributed by atoms with Crippen molar-refractivity contribution in [3.63, 3.8) is 0 Å². The van der Waals surface area contributed by atoms with Gasteiger partial charge >= 0.3 is 11.9 Å². The highest BCUT2D eigenvalue weighted by Crippen LogP contribution is 2.23. The Balaban J connectivity index is 2.50. The van der Waals surface area contributed by atoms with Gasteiger partial charge in [-0.15, -0.1) is 0 Å². The van der Waals surface area contributed by atoms with Gasteiger partial charge in [-0.2, -0.15) is 0 Å². The first-order valence-corrected chi connectivity index (χ1v) is 7.18. The summed E-state index contributed by atoms with van der Waals surface area (Å²) in [6, 6.07) is 9.20. The molecule has 1 rings (SSSR count). The number of ether oxygens (including phenoxy) is 1. The minimum atomic E-state index is -1.20. The van der Waals surface area contributed by atoms with Crippen LogP contribution in [0, 0.1) is 11.3 Å². The first kappa shape index (κ1) is 17.9. The summed E-state index contributed by atoms with van der Waals surface area (Å²) in [7, 11) is 0. The maximum Gasteiger partial charge on any atom is 0.314 e. The number of hydrogen-bond donors (Lipinski definition) is 1. The van der Waals surface area contributed by atoms with Gasteiger partial charge in [-0.05, 0) is 12.0 Å². The Morgan fingerprint density at radius 1 is 1.14 bits per heavy atom. The third-order valence-corrected chi connectivity index (χ3v) is 3.23. The van der Waals surface area contributed by atoms with Gasteiger partial charge < -0.3 is 9.84 Å². The number of carboxylic acids is 1. The lowest BCUT2D eigenvalue weighted by molar-refractivity contribution is -0.150. The molecule has 0 amide bonds. The van der Waals surface area contributed by atoms with E-state index in [9.17, 15) is 14.4 Å². The van der Waals surface area contributed by atoms with Crippen LogP contribution in [0.15, 0.2) is 30.3 Å². The summed E-state index contributed by atoms with van der Waals surface area (Å²) < 4.78 is 5.08. The first-order valence-electron chi connectivity index (χ1n) is 7.18. The van der Waals surface area contributed by atoms with Crippen molar-refractivity contribution in [2.24, 2.45) is 11.3 Å². The van der Waals surface area contributed by atoms with Crippen molar-refractivity contribution in [3.05, 3.63) is 35.9 Å². The average molecular weight is 306 g/mol. The molecule has 0 radical (unpaired) electrons. The molecule has 1 N–H and O–H groups in total. The lowest BCUT2D eigenvalue weighted by atomic mass is 9.81. The predicted molar refractivity (Wildman–Crippen MR) is 81.1 cm³/mol. The van der Waals surface area contributed by atoms with Crippen molar-refractivity contribution < 1.29 is 24.2 Å². The van der Waals surface area contributed by atoms with Crippen LogP contribution in [0.2, 0.25) is 0 Å². The van der Waals surface area contributed by atoms with E-state index in [0.717, 1.165) is 5.56 Å². The van der Waals surface area contributed by atoms with E-state index in [0.29, 0.717) is 0 Å². The van der Waals surface area contributed by atoms with Crippen molar-refractivity contribution in [3.8, 4) is 0 Å². The van der Waals surface area contributed by atoms with E-state index in [-0.39, 0.29) is 25.2 Å². The molecule has 1 aromatic rings. The van der Waals surface area contributed by atoms with Crippen LogP contribution in [0.4, 0.5) is 0 Å². The van der Waals surface area contributed by atoms with E-state index < -0.39 is 23.3 Å². The molecule has 1 aromatic carbocycles. The average Bonchev–Trinajstić information content (AvgIpc) is 2.45. The third-order valence-electron chi connectivity index (χ3n) is 3.23. The zero-order chi connectivity index (χ0) is 16.8. The van der Waals surface area contributed by atoms with Crippen LogP contribution in [-0.2, 0) is 25.7 Å². The summed E-state index contributed by atoms with van der Waals surface area (Å²) in [4.78, 5) is 35.0. The Labute approximate surface area is 130 Å². The number of esters is 1. The molecule has 0 saturated heterocycles. The topological polar surface area (TPSA) is 80.7 Å². The van der Waals surface area contributed by atoms with Gasteiger partial charge in [0.15, 0.2) is 5.78 Å². The standard InChI is InChI=1S/C17H22O5/c1-17(2,3)15(19)13(16(20)21)9-10-14(18)22-11-12-7-5-4-6-8-12/h4-8,13H,9-11H2,1-3H3,(H,20,21). The van der Waals surface area contributed by atoms with Crippen LogP contribution in [-0.4, -0.2) is 22.8 Å². The van der Waals surface area contributed by atoms with Crippen LogP contribution >= 0.6 is 0 Å². The van der Waals surface area contributed by atoms with Gasteiger partial charge in [-0.25, -0.2) is 0 Å². The molecule has 0 aliphatic carbocycles. The van der Waals surface area contributed by atoms with Crippen molar-refractivity contribution in [2.45, 2.75) is 40.2 Å². The molecule has 0 aliphatic heterocycles. The first-order chi connectivity index (χ1) is 10.2. The quantitative estimate of drug-likeness (QED) is 0.619. The van der Waals surface area contributed by atoms with Gasteiger partial charge in [0.25, 0.3) is 0 Å². The SMILES string of the molecule is CC(C)(C)C(=O)C(CCC(=O)OCc1ccccc1)C(=O)O. The van der Waals surface area contributed by atoms with Gasteiger partial charge in [-0.1, -0.05) is 51.1 Å². The molecule has 5 nitrogen and oxygen atoms in total. The summed E-state index contributed by atoms with van der Waals surface area (Å²) in [6.07, 6.45) is -0.134. The molecule has 0 saturated carbocycles. The summed E-state index contributed by atoms with van der Waals surface area (Å²) >= 11 is 0. The molecule has 0 heterocycles. The van der Waals surface area contributed by atoms with E-state index in [1.165, 1.54) is 0 Å². The van der Waals surface area contributed by atoms with E-state index in [4.69, 9.17) is 9.84 Å². The van der Waals surface area contributed by atoms with Crippen molar-refractivity contribution in [2.75, 3.05) is 0 Å². The Bertz CT molecular complexity index is 528. The number of carboxylic acid groups (broad SMARTS) is 1. The van der Waals surface area contributed by atoms with Crippen LogP contribution in [0.3, 0.4) is 0 Å². The second-order valence-electron chi connectivity index (χ2n) is 6.19. The second kappa shape index (κ2) is 7.73. The summed E-state index contributed by atoms with van der Waals surface area (Å²) in [5.41, 5.74) is 0.105. The molecular weight excluding hydrogens is 284 g/mol. The fraction of sp³-hybridized carbons (Fsp3) is 0.471. The highest BCUT2D eigenvalue weighted by atomic mass is 16.5. The molecule has 1 atom stereocenters. The second-order valence-corrected chi connectivity index (χ2v) is 6.19. The lowest BCUT2D eigenvalue weighted by Gasteiger charge is -2.21. The van der Waals surface area contributed by atoms with Crippen LogP contribution < -0.4 is 0 Å². The number of hydrogen-bond acceptors (Lipinski definition) is 4. The number of carbonyl (C=O) groups excluding carboxylic acids is 2. The highest BCUT2D eigenvalue weighted by Gasteiger charge is 2.34. The smallest absolute Gasteiger partial charge is 0.314 e. The van der Waals surface area contributed by atoms with E-state index >= 15 is 0 Å². The van der Waals surface area contributed by atoms with Crippen LogP contribution in [0.5, 0.6) is 0 Å². The molecule has 0 bridgehead atoms. The molecule has 0 aliphatic rings. The van der Waals surface area contributed by atoms with Crippen molar-refractivity contribution >= 4 is 17.7 Å². The molecule has 0 spiro atoms.